The van der Waals surface area contributed by atoms with Crippen molar-refractivity contribution in [3.63, 3.8) is 0 Å². The fraction of sp³-hybridized carbons (Fsp3) is 0.676. The second kappa shape index (κ2) is 13.0. The lowest BCUT2D eigenvalue weighted by molar-refractivity contribution is 0.00578. The molecule has 1 saturated heterocycles. The molecule has 0 aliphatic carbocycles. The van der Waals surface area contributed by atoms with Crippen molar-refractivity contribution in [1.29, 1.82) is 0 Å². The van der Waals surface area contributed by atoms with E-state index in [1.807, 2.05) is 6.07 Å². The van der Waals surface area contributed by atoms with Crippen LogP contribution >= 0.6 is 0 Å². The van der Waals surface area contributed by atoms with Gasteiger partial charge in [-0.3, -0.25) is 0 Å². The van der Waals surface area contributed by atoms with E-state index in [4.69, 9.17) is 13.7 Å². The number of benzene rings is 2. The summed E-state index contributed by atoms with van der Waals surface area (Å²) in [5, 5.41) is 1.86. The maximum atomic E-state index is 16.6. The predicted octanol–water partition coefficient (Wildman–Crippen LogP) is 11.3. The third-order valence-electron chi connectivity index (χ3n) is 11.7. The third kappa shape index (κ3) is 5.93. The van der Waals surface area contributed by atoms with Crippen molar-refractivity contribution in [3.8, 4) is 5.75 Å². The first-order valence-corrected chi connectivity index (χ1v) is 21.5. The second-order valence-electron chi connectivity index (χ2n) is 16.3. The van der Waals surface area contributed by atoms with E-state index in [0.29, 0.717) is 33.2 Å². The summed E-state index contributed by atoms with van der Waals surface area (Å²) < 4.78 is 37.3. The molecule has 0 bridgehead atoms. The summed E-state index contributed by atoms with van der Waals surface area (Å²) in [7, 11) is -5.15. The van der Waals surface area contributed by atoms with Crippen molar-refractivity contribution in [2.24, 2.45) is 0 Å². The molecule has 2 aromatic rings. The Balaban J connectivity index is 2.50. The first kappa shape index (κ1) is 37.1. The van der Waals surface area contributed by atoms with Gasteiger partial charge in [0.15, 0.2) is 0 Å². The Bertz CT molecular complexity index is 1270. The standard InChI is InChI=1S/C37H62BFO3Si2/c1-18-33(43(23(2)3,24(4)5)25(6)7)35-32(39)20-19-29-21-30(40-44(26(8)9,27(10)11)28(12)13)22-31(34(29)35)38-41-36(14,15)37(16,17)42-38/h18-28,33H,1H2,2-17H3. The molecule has 1 unspecified atom stereocenters. The van der Waals surface area contributed by atoms with E-state index in [1.165, 1.54) is 0 Å². The summed E-state index contributed by atoms with van der Waals surface area (Å²) in [4.78, 5) is 0. The Morgan fingerprint density at radius 3 is 1.59 bits per heavy atom. The van der Waals surface area contributed by atoms with Crippen molar-refractivity contribution in [3.05, 3.63) is 48.3 Å². The quantitative estimate of drug-likeness (QED) is 0.171. The minimum Gasteiger partial charge on any atom is -0.543 e. The minimum atomic E-state index is -2.27. The number of halogens is 1. The molecular formula is C37H62BFO3Si2. The average Bonchev–Trinajstić information content (AvgIpc) is 3.10. The molecule has 1 fully saturated rings. The van der Waals surface area contributed by atoms with Crippen LogP contribution in [0.5, 0.6) is 5.75 Å². The smallest absolute Gasteiger partial charge is 0.495 e. The lowest BCUT2D eigenvalue weighted by Gasteiger charge is -2.48. The molecule has 0 spiro atoms. The highest BCUT2D eigenvalue weighted by Crippen LogP contribution is 2.53. The fourth-order valence-corrected chi connectivity index (χ4v) is 21.8. The van der Waals surface area contributed by atoms with Crippen molar-refractivity contribution in [2.75, 3.05) is 0 Å². The molecule has 2 aromatic carbocycles. The van der Waals surface area contributed by atoms with Crippen LogP contribution in [0.3, 0.4) is 0 Å². The van der Waals surface area contributed by atoms with E-state index >= 15 is 4.39 Å². The number of rotatable bonds is 12. The molecule has 3 rings (SSSR count). The Morgan fingerprint density at radius 2 is 1.20 bits per heavy atom. The van der Waals surface area contributed by atoms with Gasteiger partial charge in [-0.2, -0.15) is 0 Å². The maximum Gasteiger partial charge on any atom is 0.495 e. The summed E-state index contributed by atoms with van der Waals surface area (Å²) in [6.45, 7) is 40.5. The van der Waals surface area contributed by atoms with Gasteiger partial charge in [0, 0.05) is 5.54 Å². The van der Waals surface area contributed by atoms with Gasteiger partial charge >= 0.3 is 7.12 Å². The van der Waals surface area contributed by atoms with Crippen LogP contribution in [-0.4, -0.2) is 34.7 Å². The first-order chi connectivity index (χ1) is 20.1. The summed E-state index contributed by atoms with van der Waals surface area (Å²) in [5.41, 5.74) is 2.98. The van der Waals surface area contributed by atoms with Crippen LogP contribution in [0.1, 0.15) is 122 Å². The topological polar surface area (TPSA) is 27.7 Å². The maximum absolute atomic E-state index is 16.6. The van der Waals surface area contributed by atoms with Gasteiger partial charge in [0.2, 0.25) is 0 Å². The molecular weight excluding hydrogens is 578 g/mol. The van der Waals surface area contributed by atoms with Gasteiger partial charge in [0.05, 0.1) is 19.3 Å². The van der Waals surface area contributed by atoms with Gasteiger partial charge in [-0.05, 0) is 101 Å². The Labute approximate surface area is 272 Å². The molecule has 3 nitrogen and oxygen atoms in total. The second-order valence-corrected chi connectivity index (χ2v) is 27.7. The molecule has 1 heterocycles. The SMILES string of the molecule is C=CC(c1c(F)ccc2cc(O[Si](C(C)C)(C(C)C)C(C)C)cc(B3OC(C)(C)C(C)(C)O3)c12)[Si](C(C)C)(C(C)C)C(C)C. The zero-order chi connectivity index (χ0) is 33.7. The highest BCUT2D eigenvalue weighted by molar-refractivity contribution is 6.85. The number of fused-ring (bicyclic) bond motifs is 1. The summed E-state index contributed by atoms with van der Waals surface area (Å²) in [6.07, 6.45) is 2.05. The molecule has 1 atom stereocenters. The summed E-state index contributed by atoms with van der Waals surface area (Å²) >= 11 is 0. The van der Waals surface area contributed by atoms with Crippen molar-refractivity contribution >= 4 is 39.7 Å². The van der Waals surface area contributed by atoms with E-state index in [0.717, 1.165) is 27.5 Å². The van der Waals surface area contributed by atoms with Gasteiger partial charge in [-0.25, -0.2) is 4.39 Å². The van der Waals surface area contributed by atoms with Crippen molar-refractivity contribution in [1.82, 2.24) is 0 Å². The normalized spacial score (nSPS) is 18.1. The zero-order valence-electron chi connectivity index (χ0n) is 30.8. The van der Waals surface area contributed by atoms with E-state index in [9.17, 15) is 0 Å². The van der Waals surface area contributed by atoms with E-state index in [-0.39, 0.29) is 11.4 Å². The van der Waals surface area contributed by atoms with Crippen LogP contribution in [0, 0.1) is 5.82 Å². The Hall–Kier alpha value is -1.41. The highest BCUT2D eigenvalue weighted by atomic mass is 28.4. The molecule has 246 valence electrons. The van der Waals surface area contributed by atoms with Gasteiger partial charge in [-0.1, -0.05) is 95.2 Å². The monoisotopic (exact) mass is 640 g/mol. The fourth-order valence-electron chi connectivity index (χ4n) is 9.20. The Morgan fingerprint density at radius 1 is 0.750 bits per heavy atom. The summed E-state index contributed by atoms with van der Waals surface area (Å²) in [6, 6.07) is 7.84. The highest BCUT2D eigenvalue weighted by Gasteiger charge is 2.54. The molecule has 7 heteroatoms. The third-order valence-corrected chi connectivity index (χ3v) is 25.3. The van der Waals surface area contributed by atoms with E-state index in [1.54, 1.807) is 6.07 Å². The minimum absolute atomic E-state index is 0.0883. The van der Waals surface area contributed by atoms with E-state index in [2.05, 4.69) is 136 Å². The van der Waals surface area contributed by atoms with Crippen LogP contribution in [0.4, 0.5) is 4.39 Å². The van der Waals surface area contributed by atoms with E-state index < -0.39 is 34.7 Å². The molecule has 0 N–H and O–H groups in total. The van der Waals surface area contributed by atoms with Gasteiger partial charge in [0.25, 0.3) is 8.32 Å². The lowest BCUT2D eigenvalue weighted by atomic mass is 9.74. The number of hydrogen-bond acceptors (Lipinski definition) is 3. The van der Waals surface area contributed by atoms with Crippen molar-refractivity contribution < 1.29 is 18.1 Å². The van der Waals surface area contributed by atoms with Crippen LogP contribution in [-0.2, 0) is 9.31 Å². The Kier molecular flexibility index (Phi) is 10.9. The molecule has 0 amide bonds. The van der Waals surface area contributed by atoms with Gasteiger partial charge < -0.3 is 13.7 Å². The van der Waals surface area contributed by atoms with Gasteiger partial charge in [-0.15, -0.1) is 6.58 Å². The van der Waals surface area contributed by atoms with Crippen LogP contribution in [0.25, 0.3) is 10.8 Å². The molecule has 44 heavy (non-hydrogen) atoms. The largest absolute Gasteiger partial charge is 0.543 e. The molecule has 0 radical (unpaired) electrons. The van der Waals surface area contributed by atoms with Crippen LogP contribution in [0.2, 0.25) is 33.2 Å². The number of allylic oxidation sites excluding steroid dienone is 1. The lowest BCUT2D eigenvalue weighted by Crippen LogP contribution is -2.51. The van der Waals surface area contributed by atoms with Gasteiger partial charge in [0.1, 0.15) is 11.6 Å². The summed E-state index contributed by atoms with van der Waals surface area (Å²) in [5.74, 6) is 0.653. The first-order valence-electron chi connectivity index (χ1n) is 17.1. The predicted molar refractivity (Wildman–Crippen MR) is 195 cm³/mol. The number of hydrogen-bond donors (Lipinski definition) is 0. The van der Waals surface area contributed by atoms with Crippen molar-refractivity contribution in [2.45, 2.75) is 161 Å². The molecule has 1 aliphatic rings. The zero-order valence-corrected chi connectivity index (χ0v) is 32.8. The molecule has 0 aromatic heterocycles. The molecule has 0 saturated carbocycles. The molecule has 1 aliphatic heterocycles. The average molecular weight is 641 g/mol. The van der Waals surface area contributed by atoms with Crippen LogP contribution in [0.15, 0.2) is 36.9 Å². The van der Waals surface area contributed by atoms with Crippen LogP contribution < -0.4 is 9.89 Å².